The Bertz CT molecular complexity index is 600. The smallest absolute Gasteiger partial charge is 0.330 e. The van der Waals surface area contributed by atoms with E-state index in [4.69, 9.17) is 7.80 Å². The first kappa shape index (κ1) is 17.6. The number of aromatic nitrogens is 2. The molecule has 2 atom stereocenters. The van der Waals surface area contributed by atoms with Crippen molar-refractivity contribution in [1.29, 1.82) is 0 Å². The lowest BCUT2D eigenvalue weighted by Crippen LogP contribution is -2.49. The number of H-pyrrole nitrogens is 1. The third-order valence-corrected chi connectivity index (χ3v) is 4.12. The first-order valence-electron chi connectivity index (χ1n) is 7.48. The Morgan fingerprint density at radius 1 is 1.45 bits per heavy atom. The molecule has 0 aliphatic carbocycles. The second-order valence-electron chi connectivity index (χ2n) is 5.58. The number of unbranched alkanes of at least 4 members (excludes halogenated alkanes) is 1. The highest BCUT2D eigenvalue weighted by Crippen LogP contribution is 2.20. The van der Waals surface area contributed by atoms with E-state index in [0.29, 0.717) is 18.7 Å². The zero-order chi connectivity index (χ0) is 16.1. The summed E-state index contributed by atoms with van der Waals surface area (Å²) in [4.78, 5) is 28.2. The summed E-state index contributed by atoms with van der Waals surface area (Å²) in [6.45, 7) is 6.68. The maximum Gasteiger partial charge on any atom is 0.330 e. The first-order chi connectivity index (χ1) is 10.5. The summed E-state index contributed by atoms with van der Waals surface area (Å²) in [5.41, 5.74) is -0.297. The molecule has 0 amide bonds. The maximum absolute atomic E-state index is 12.1. The van der Waals surface area contributed by atoms with E-state index in [1.165, 1.54) is 4.57 Å². The number of nitrogens with zero attached hydrogens (tertiary/aromatic N) is 2. The number of hydrogen-bond donors (Lipinski definition) is 1. The second kappa shape index (κ2) is 8.23. The molecule has 0 saturated carbocycles. The van der Waals surface area contributed by atoms with Crippen molar-refractivity contribution < 1.29 is 7.80 Å². The molecule has 0 spiro atoms. The molecule has 1 aromatic rings. The van der Waals surface area contributed by atoms with Crippen molar-refractivity contribution in [3.63, 3.8) is 0 Å². The Labute approximate surface area is 143 Å². The summed E-state index contributed by atoms with van der Waals surface area (Å²) in [5.74, 6) is 0. The van der Waals surface area contributed by atoms with Crippen LogP contribution >= 0.6 is 23.0 Å². The molecule has 0 radical (unpaired) electrons. The van der Waals surface area contributed by atoms with Crippen LogP contribution in [-0.4, -0.2) is 46.8 Å². The van der Waals surface area contributed by atoms with Crippen molar-refractivity contribution in [2.45, 2.75) is 39.0 Å². The van der Waals surface area contributed by atoms with Crippen LogP contribution < -0.4 is 11.2 Å². The standard InChI is InChI=1S/C14H22IN3O4/c1-3-4-5-17-7-11(9-21-15)22-12(8-17)18-6-10(2)13(19)16-14(18)20/h6,11-12H,3-5,7-9H2,1-2H3,(H,16,19,20)/t11-,12+/m0/s1. The monoisotopic (exact) mass is 423 g/mol. The van der Waals surface area contributed by atoms with Gasteiger partial charge in [0.1, 0.15) is 23.0 Å². The van der Waals surface area contributed by atoms with Gasteiger partial charge in [0.25, 0.3) is 5.56 Å². The zero-order valence-electron chi connectivity index (χ0n) is 12.9. The summed E-state index contributed by atoms with van der Waals surface area (Å²) in [6.07, 6.45) is 3.28. The molecule has 0 unspecified atom stereocenters. The third-order valence-electron chi connectivity index (χ3n) is 3.76. The van der Waals surface area contributed by atoms with Gasteiger partial charge in [-0.3, -0.25) is 19.2 Å². The predicted octanol–water partition coefficient (Wildman–Crippen LogP) is 1.21. The minimum atomic E-state index is -0.438. The van der Waals surface area contributed by atoms with E-state index in [9.17, 15) is 9.59 Å². The van der Waals surface area contributed by atoms with Gasteiger partial charge in [0.15, 0.2) is 6.23 Å². The van der Waals surface area contributed by atoms with Gasteiger partial charge in [-0.2, -0.15) is 0 Å². The molecule has 0 bridgehead atoms. The summed E-state index contributed by atoms with van der Waals surface area (Å²) in [7, 11) is 0. The average molecular weight is 423 g/mol. The van der Waals surface area contributed by atoms with Crippen molar-refractivity contribution in [3.8, 4) is 0 Å². The summed E-state index contributed by atoms with van der Waals surface area (Å²) in [5, 5.41) is 0. The molecule has 124 valence electrons. The summed E-state index contributed by atoms with van der Waals surface area (Å²) in [6, 6.07) is 0. The fourth-order valence-electron chi connectivity index (χ4n) is 2.57. The summed E-state index contributed by atoms with van der Waals surface area (Å²) >= 11 is 1.85. The van der Waals surface area contributed by atoms with Crippen LogP contribution in [0.3, 0.4) is 0 Å². The van der Waals surface area contributed by atoms with E-state index in [0.717, 1.165) is 25.9 Å². The Morgan fingerprint density at radius 3 is 2.91 bits per heavy atom. The van der Waals surface area contributed by atoms with Gasteiger partial charge >= 0.3 is 5.69 Å². The minimum absolute atomic E-state index is 0.0911. The van der Waals surface area contributed by atoms with Gasteiger partial charge in [-0.25, -0.2) is 4.79 Å². The van der Waals surface area contributed by atoms with Crippen LogP contribution in [0.5, 0.6) is 0 Å². The number of halogens is 1. The molecule has 2 heterocycles. The normalized spacial score (nSPS) is 22.9. The van der Waals surface area contributed by atoms with Crippen LogP contribution in [0.4, 0.5) is 0 Å². The zero-order valence-corrected chi connectivity index (χ0v) is 15.0. The van der Waals surface area contributed by atoms with Gasteiger partial charge < -0.3 is 7.80 Å². The quantitative estimate of drug-likeness (QED) is 0.697. The molecule has 2 rings (SSSR count). The molecule has 1 N–H and O–H groups in total. The van der Waals surface area contributed by atoms with E-state index in [-0.39, 0.29) is 11.7 Å². The molecule has 0 aromatic carbocycles. The predicted molar refractivity (Wildman–Crippen MR) is 91.3 cm³/mol. The highest BCUT2D eigenvalue weighted by Gasteiger charge is 2.29. The van der Waals surface area contributed by atoms with Gasteiger partial charge in [-0.05, 0) is 19.9 Å². The van der Waals surface area contributed by atoms with Gasteiger partial charge in [0.2, 0.25) is 0 Å². The fourth-order valence-corrected chi connectivity index (χ4v) is 2.97. The first-order valence-corrected chi connectivity index (χ1v) is 8.36. The van der Waals surface area contributed by atoms with Crippen molar-refractivity contribution in [3.05, 3.63) is 32.6 Å². The van der Waals surface area contributed by atoms with Gasteiger partial charge in [0, 0.05) is 24.8 Å². The van der Waals surface area contributed by atoms with Crippen LogP contribution in [0.1, 0.15) is 31.6 Å². The van der Waals surface area contributed by atoms with Gasteiger partial charge in [-0.1, -0.05) is 13.3 Å². The topological polar surface area (TPSA) is 76.6 Å². The molecule has 1 aromatic heterocycles. The number of aryl methyl sites for hydroxylation is 1. The van der Waals surface area contributed by atoms with Crippen LogP contribution in [-0.2, 0) is 7.80 Å². The van der Waals surface area contributed by atoms with Crippen LogP contribution in [0.25, 0.3) is 0 Å². The van der Waals surface area contributed by atoms with Crippen molar-refractivity contribution in [2.75, 3.05) is 26.2 Å². The average Bonchev–Trinajstić information content (AvgIpc) is 2.49. The second-order valence-corrected chi connectivity index (χ2v) is 6.20. The summed E-state index contributed by atoms with van der Waals surface area (Å²) < 4.78 is 12.6. The largest absolute Gasteiger partial charge is 0.349 e. The number of rotatable bonds is 6. The van der Waals surface area contributed by atoms with Gasteiger partial charge in [-0.15, -0.1) is 0 Å². The number of nitrogens with one attached hydrogen (secondary N) is 1. The minimum Gasteiger partial charge on any atom is -0.349 e. The highest BCUT2D eigenvalue weighted by molar-refractivity contribution is 14.1. The highest BCUT2D eigenvalue weighted by atomic mass is 127. The lowest BCUT2D eigenvalue weighted by atomic mass is 10.2. The third kappa shape index (κ3) is 4.40. The number of aromatic amines is 1. The van der Waals surface area contributed by atoms with Crippen LogP contribution in [0.15, 0.2) is 15.8 Å². The van der Waals surface area contributed by atoms with E-state index >= 15 is 0 Å². The van der Waals surface area contributed by atoms with Crippen LogP contribution in [0, 0.1) is 6.92 Å². The molecule has 1 aliphatic rings. The Hall–Kier alpha value is -0.710. The molecule has 22 heavy (non-hydrogen) atoms. The molecule has 7 nitrogen and oxygen atoms in total. The number of morpholine rings is 1. The number of ether oxygens (including phenoxy) is 1. The molecular weight excluding hydrogens is 401 g/mol. The van der Waals surface area contributed by atoms with Crippen molar-refractivity contribution in [2.24, 2.45) is 0 Å². The molecular formula is C14H22IN3O4. The number of hydrogen-bond acceptors (Lipinski definition) is 5. The van der Waals surface area contributed by atoms with E-state index in [1.807, 2.05) is 23.0 Å². The maximum atomic E-state index is 12.1. The van der Waals surface area contributed by atoms with Gasteiger partial charge in [0.05, 0.1) is 12.7 Å². The van der Waals surface area contributed by atoms with E-state index in [2.05, 4.69) is 16.8 Å². The van der Waals surface area contributed by atoms with E-state index in [1.54, 1.807) is 13.1 Å². The van der Waals surface area contributed by atoms with Crippen molar-refractivity contribution in [1.82, 2.24) is 14.5 Å². The molecule has 8 heteroatoms. The Kier molecular flexibility index (Phi) is 6.60. The molecule has 1 saturated heterocycles. The Balaban J connectivity index is 2.22. The van der Waals surface area contributed by atoms with E-state index < -0.39 is 11.9 Å². The Morgan fingerprint density at radius 2 is 2.23 bits per heavy atom. The lowest BCUT2D eigenvalue weighted by Gasteiger charge is -2.38. The van der Waals surface area contributed by atoms with Crippen molar-refractivity contribution >= 4 is 23.0 Å². The SMILES string of the molecule is CCCCN1C[C@@H](COI)O[C@@H](n2cc(C)c(=O)[nH]c2=O)C1. The molecule has 1 fully saturated rings. The molecule has 1 aliphatic heterocycles. The lowest BCUT2D eigenvalue weighted by molar-refractivity contribution is -0.130. The fraction of sp³-hybridized carbons (Fsp3) is 0.714. The van der Waals surface area contributed by atoms with Crippen LogP contribution in [0.2, 0.25) is 0 Å².